The lowest BCUT2D eigenvalue weighted by molar-refractivity contribution is -0.142. The fourth-order valence-corrected chi connectivity index (χ4v) is 1.52. The van der Waals surface area contributed by atoms with Crippen molar-refractivity contribution in [2.24, 2.45) is 0 Å². The number of esters is 1. The lowest BCUT2D eigenvalue weighted by Crippen LogP contribution is -1.99. The van der Waals surface area contributed by atoms with Crippen molar-refractivity contribution in [3.05, 3.63) is 35.4 Å². The van der Waals surface area contributed by atoms with E-state index in [9.17, 15) is 13.6 Å². The molecule has 1 aromatic carbocycles. The Balaban J connectivity index is 2.56. The van der Waals surface area contributed by atoms with Crippen molar-refractivity contribution in [3.8, 4) is 0 Å². The van der Waals surface area contributed by atoms with E-state index in [-0.39, 0.29) is 18.3 Å². The Morgan fingerprint density at radius 1 is 1.33 bits per heavy atom. The van der Waals surface area contributed by atoms with E-state index in [2.05, 4.69) is 0 Å². The molecule has 1 aromatic rings. The molecule has 0 aliphatic rings. The molecule has 82 valence electrons. The summed E-state index contributed by atoms with van der Waals surface area (Å²) in [6, 6.07) is 6.89. The fourth-order valence-electron chi connectivity index (χ4n) is 1.05. The van der Waals surface area contributed by atoms with Crippen molar-refractivity contribution >= 4 is 17.0 Å². The second kappa shape index (κ2) is 5.63. The third-order valence-corrected chi connectivity index (χ3v) is 2.32. The Labute approximate surface area is 90.5 Å². The molecule has 0 N–H and O–H groups in total. The highest BCUT2D eigenvalue weighted by molar-refractivity contribution is 7.78. The molecule has 0 saturated carbocycles. The summed E-state index contributed by atoms with van der Waals surface area (Å²) in [5.41, 5.74) is 1.56. The highest BCUT2D eigenvalue weighted by Crippen LogP contribution is 2.07. The van der Waals surface area contributed by atoms with Crippen LogP contribution in [0.1, 0.15) is 18.1 Å². The Kier molecular flexibility index (Phi) is 4.45. The third kappa shape index (κ3) is 4.71. The number of hydrogen-bond donors (Lipinski definition) is 0. The maximum Gasteiger partial charge on any atom is 0.302 e. The highest BCUT2D eigenvalue weighted by atomic mass is 32.2. The molecule has 0 fully saturated rings. The van der Waals surface area contributed by atoms with Crippen molar-refractivity contribution < 1.29 is 18.3 Å². The van der Waals surface area contributed by atoms with Crippen molar-refractivity contribution in [1.82, 2.24) is 0 Å². The molecule has 1 rings (SSSR count). The smallest absolute Gasteiger partial charge is 0.302 e. The molecule has 0 amide bonds. The van der Waals surface area contributed by atoms with Crippen molar-refractivity contribution in [1.29, 1.82) is 0 Å². The molecule has 4 nitrogen and oxygen atoms in total. The van der Waals surface area contributed by atoms with Crippen LogP contribution in [0.15, 0.2) is 24.3 Å². The topological polar surface area (TPSA) is 66.4 Å². The van der Waals surface area contributed by atoms with Crippen molar-refractivity contribution in [3.63, 3.8) is 0 Å². The molecule has 0 aliphatic heterocycles. The van der Waals surface area contributed by atoms with E-state index < -0.39 is 11.1 Å². The number of ether oxygens (including phenoxy) is 1. The summed E-state index contributed by atoms with van der Waals surface area (Å²) in [6.07, 6.45) is 0. The van der Waals surface area contributed by atoms with Gasteiger partial charge in [-0.25, -0.2) is 0 Å². The molecule has 0 aliphatic carbocycles. The zero-order chi connectivity index (χ0) is 11.3. The quantitative estimate of drug-likeness (QED) is 0.571. The second-order valence-electron chi connectivity index (χ2n) is 3.04. The first-order chi connectivity index (χ1) is 7.08. The first-order valence-electron chi connectivity index (χ1n) is 4.35. The Hall–Kier alpha value is -1.20. The van der Waals surface area contributed by atoms with Gasteiger partial charge in [0.2, 0.25) is 0 Å². The van der Waals surface area contributed by atoms with E-state index in [0.29, 0.717) is 0 Å². The first-order valence-corrected chi connectivity index (χ1v) is 5.59. The Morgan fingerprint density at radius 3 is 2.33 bits per heavy atom. The van der Waals surface area contributed by atoms with Crippen molar-refractivity contribution in [2.45, 2.75) is 19.3 Å². The molecule has 0 saturated heterocycles. The van der Waals surface area contributed by atoms with Crippen LogP contribution in [-0.4, -0.2) is 14.7 Å². The maximum atomic E-state index is 10.5. The van der Waals surface area contributed by atoms with Gasteiger partial charge >= 0.3 is 5.97 Å². The van der Waals surface area contributed by atoms with Crippen LogP contribution >= 0.6 is 0 Å². The minimum atomic E-state index is -2.07. The number of rotatable bonds is 4. The summed E-state index contributed by atoms with van der Waals surface area (Å²) in [5, 5.41) is 0. The third-order valence-electron chi connectivity index (χ3n) is 1.75. The Morgan fingerprint density at radius 2 is 1.87 bits per heavy atom. The molecule has 0 heterocycles. The molecule has 0 bridgehead atoms. The van der Waals surface area contributed by atoms with E-state index >= 15 is 0 Å². The molecule has 5 heteroatoms. The summed E-state index contributed by atoms with van der Waals surface area (Å²) in [7, 11) is 0. The van der Waals surface area contributed by atoms with Gasteiger partial charge < -0.3 is 9.29 Å². The number of hydrogen-bond acceptors (Lipinski definition) is 4. The van der Waals surface area contributed by atoms with Gasteiger partial charge in [0.25, 0.3) is 0 Å². The van der Waals surface area contributed by atoms with Crippen LogP contribution in [0.25, 0.3) is 0 Å². The molecule has 1 unspecified atom stereocenters. The summed E-state index contributed by atoms with van der Waals surface area (Å²) < 4.78 is 25.6. The Bertz CT molecular complexity index is 358. The maximum absolute atomic E-state index is 10.5. The van der Waals surface area contributed by atoms with Crippen molar-refractivity contribution in [2.75, 3.05) is 0 Å². The van der Waals surface area contributed by atoms with Gasteiger partial charge in [0, 0.05) is 12.7 Å². The van der Waals surface area contributed by atoms with Crippen LogP contribution in [0.4, 0.5) is 0 Å². The molecule has 0 aromatic heterocycles. The number of carbonyl (C=O) groups is 1. The zero-order valence-electron chi connectivity index (χ0n) is 8.26. The molecule has 0 spiro atoms. The van der Waals surface area contributed by atoms with Crippen LogP contribution in [0, 0.1) is 0 Å². The monoisotopic (exact) mass is 227 g/mol. The second-order valence-corrected chi connectivity index (χ2v) is 3.94. The van der Waals surface area contributed by atoms with E-state index in [4.69, 9.17) is 4.74 Å². The predicted molar refractivity (Wildman–Crippen MR) is 54.5 cm³/mol. The van der Waals surface area contributed by atoms with Gasteiger partial charge in [-0.05, 0) is 11.1 Å². The normalized spacial score (nSPS) is 12.1. The van der Waals surface area contributed by atoms with Crippen LogP contribution in [0.5, 0.6) is 0 Å². The lowest BCUT2D eigenvalue weighted by atomic mass is 10.2. The van der Waals surface area contributed by atoms with E-state index in [1.807, 2.05) is 0 Å². The zero-order valence-corrected chi connectivity index (χ0v) is 9.08. The SMILES string of the molecule is CC(=O)OCc1ccc(CS(=O)[O-])cc1. The average molecular weight is 227 g/mol. The summed E-state index contributed by atoms with van der Waals surface area (Å²) in [5.74, 6) is -0.326. The highest BCUT2D eigenvalue weighted by Gasteiger charge is 1.97. The standard InChI is InChI=1S/C10H12O4S/c1-8(11)14-6-9-2-4-10(5-3-9)7-15(12)13/h2-5H,6-7H2,1H3,(H,12,13)/p-1. The molecule has 0 radical (unpaired) electrons. The molecule has 1 atom stereocenters. The number of carbonyl (C=O) groups excluding carboxylic acids is 1. The van der Waals surface area contributed by atoms with Gasteiger partial charge in [0.15, 0.2) is 0 Å². The van der Waals surface area contributed by atoms with Gasteiger partial charge in [0.05, 0.1) is 0 Å². The van der Waals surface area contributed by atoms with Crippen LogP contribution < -0.4 is 0 Å². The summed E-state index contributed by atoms with van der Waals surface area (Å²) >= 11 is -2.07. The van der Waals surface area contributed by atoms with Gasteiger partial charge in [-0.2, -0.15) is 0 Å². The van der Waals surface area contributed by atoms with E-state index in [0.717, 1.165) is 11.1 Å². The molecular formula is C10H11O4S-. The van der Waals surface area contributed by atoms with E-state index in [1.165, 1.54) is 6.92 Å². The summed E-state index contributed by atoms with van der Waals surface area (Å²) in [4.78, 5) is 10.5. The average Bonchev–Trinajstić information content (AvgIpc) is 2.16. The van der Waals surface area contributed by atoms with Gasteiger partial charge in [-0.15, -0.1) is 0 Å². The lowest BCUT2D eigenvalue weighted by Gasteiger charge is -2.06. The number of benzene rings is 1. The minimum Gasteiger partial charge on any atom is -0.772 e. The van der Waals surface area contributed by atoms with Crippen LogP contribution in [0.2, 0.25) is 0 Å². The predicted octanol–water partition coefficient (Wildman–Crippen LogP) is 1.13. The van der Waals surface area contributed by atoms with Gasteiger partial charge in [-0.3, -0.25) is 9.00 Å². The summed E-state index contributed by atoms with van der Waals surface area (Å²) in [6.45, 7) is 1.56. The van der Waals surface area contributed by atoms with Crippen LogP contribution in [0.3, 0.4) is 0 Å². The molecular weight excluding hydrogens is 216 g/mol. The van der Waals surface area contributed by atoms with Gasteiger partial charge in [-0.1, -0.05) is 35.3 Å². The van der Waals surface area contributed by atoms with Crippen LogP contribution in [-0.2, 0) is 33.0 Å². The largest absolute Gasteiger partial charge is 0.772 e. The van der Waals surface area contributed by atoms with E-state index in [1.54, 1.807) is 24.3 Å². The fraction of sp³-hybridized carbons (Fsp3) is 0.300. The van der Waals surface area contributed by atoms with Gasteiger partial charge in [0.1, 0.15) is 6.61 Å². The minimum absolute atomic E-state index is 0.00778. The molecule has 15 heavy (non-hydrogen) atoms. The first kappa shape index (κ1) is 11.9.